The summed E-state index contributed by atoms with van der Waals surface area (Å²) in [6, 6.07) is 18.1. The first-order valence-electron chi connectivity index (χ1n) is 8.74. The van der Waals surface area contributed by atoms with E-state index in [9.17, 15) is 9.59 Å². The fraction of sp³-hybridized carbons (Fsp3) is 0.333. The van der Waals surface area contributed by atoms with Crippen molar-refractivity contribution in [3.63, 3.8) is 0 Å². The zero-order chi connectivity index (χ0) is 18.2. The number of hydrogen-bond acceptors (Lipinski definition) is 2. The van der Waals surface area contributed by atoms with Crippen LogP contribution in [0.2, 0.25) is 0 Å². The molecule has 25 heavy (non-hydrogen) atoms. The predicted molar refractivity (Wildman–Crippen MR) is 100 cm³/mol. The van der Waals surface area contributed by atoms with Crippen molar-refractivity contribution in [2.75, 3.05) is 0 Å². The Bertz CT molecular complexity index is 686. The van der Waals surface area contributed by atoms with Crippen molar-refractivity contribution in [3.05, 3.63) is 71.8 Å². The molecule has 2 amide bonds. The molecule has 2 rings (SSSR count). The molecule has 2 aromatic rings. The first kappa shape index (κ1) is 18.7. The lowest BCUT2D eigenvalue weighted by atomic mass is 9.97. The monoisotopic (exact) mass is 338 g/mol. The van der Waals surface area contributed by atoms with Crippen molar-refractivity contribution in [2.45, 2.75) is 39.3 Å². The Hall–Kier alpha value is -2.62. The molecule has 4 heteroatoms. The van der Waals surface area contributed by atoms with E-state index in [2.05, 4.69) is 10.6 Å². The van der Waals surface area contributed by atoms with Crippen LogP contribution in [0.15, 0.2) is 60.7 Å². The molecule has 132 valence electrons. The summed E-state index contributed by atoms with van der Waals surface area (Å²) in [5, 5.41) is 5.90. The maximum atomic E-state index is 12.8. The second-order valence-corrected chi connectivity index (χ2v) is 6.34. The Morgan fingerprint density at radius 3 is 2.00 bits per heavy atom. The van der Waals surface area contributed by atoms with Crippen molar-refractivity contribution in [1.29, 1.82) is 0 Å². The molecule has 4 nitrogen and oxygen atoms in total. The molecule has 0 aliphatic rings. The van der Waals surface area contributed by atoms with Gasteiger partial charge in [-0.25, -0.2) is 0 Å². The average molecular weight is 338 g/mol. The number of hydrogen-bond donors (Lipinski definition) is 2. The van der Waals surface area contributed by atoms with E-state index in [1.165, 1.54) is 0 Å². The van der Waals surface area contributed by atoms with E-state index in [4.69, 9.17) is 0 Å². The number of carbonyl (C=O) groups is 2. The van der Waals surface area contributed by atoms with Gasteiger partial charge in [0.1, 0.15) is 6.04 Å². The van der Waals surface area contributed by atoms with Gasteiger partial charge >= 0.3 is 0 Å². The molecule has 0 fully saturated rings. The van der Waals surface area contributed by atoms with Gasteiger partial charge < -0.3 is 10.6 Å². The van der Waals surface area contributed by atoms with Gasteiger partial charge in [0, 0.05) is 5.56 Å². The van der Waals surface area contributed by atoms with Crippen LogP contribution in [0.4, 0.5) is 0 Å². The van der Waals surface area contributed by atoms with Gasteiger partial charge in [-0.05, 0) is 30.5 Å². The minimum Gasteiger partial charge on any atom is -0.348 e. The maximum Gasteiger partial charge on any atom is 0.251 e. The third-order valence-electron chi connectivity index (χ3n) is 4.48. The average Bonchev–Trinajstić information content (AvgIpc) is 2.66. The lowest BCUT2D eigenvalue weighted by molar-refractivity contribution is -0.124. The van der Waals surface area contributed by atoms with Crippen molar-refractivity contribution in [2.24, 2.45) is 5.92 Å². The lowest BCUT2D eigenvalue weighted by Crippen LogP contribution is -2.50. The summed E-state index contributed by atoms with van der Waals surface area (Å²) in [6.07, 6.45) is 0.798. The van der Waals surface area contributed by atoms with Gasteiger partial charge in [0.25, 0.3) is 5.91 Å². The fourth-order valence-corrected chi connectivity index (χ4v) is 2.64. The minimum absolute atomic E-state index is 0.0376. The largest absolute Gasteiger partial charge is 0.348 e. The molecule has 0 aliphatic carbocycles. The van der Waals surface area contributed by atoms with E-state index in [0.29, 0.717) is 5.56 Å². The number of amides is 2. The van der Waals surface area contributed by atoms with Gasteiger partial charge in [0.05, 0.1) is 6.04 Å². The Labute approximate surface area is 149 Å². The normalized spacial score (nSPS) is 14.2. The number of rotatable bonds is 7. The van der Waals surface area contributed by atoms with Crippen molar-refractivity contribution >= 4 is 11.8 Å². The number of carbonyl (C=O) groups excluding carboxylic acids is 2. The third-order valence-corrected chi connectivity index (χ3v) is 4.48. The Morgan fingerprint density at radius 2 is 1.44 bits per heavy atom. The molecular weight excluding hydrogens is 312 g/mol. The molecular formula is C21H26N2O2. The summed E-state index contributed by atoms with van der Waals surface area (Å²) in [7, 11) is 0. The highest BCUT2D eigenvalue weighted by Crippen LogP contribution is 2.14. The van der Waals surface area contributed by atoms with E-state index in [1.54, 1.807) is 12.1 Å². The minimum atomic E-state index is -0.566. The second kappa shape index (κ2) is 9.02. The van der Waals surface area contributed by atoms with Crippen LogP contribution >= 0.6 is 0 Å². The molecule has 3 unspecified atom stereocenters. The summed E-state index contributed by atoms with van der Waals surface area (Å²) < 4.78 is 0. The highest BCUT2D eigenvalue weighted by molar-refractivity contribution is 5.97. The molecule has 0 spiro atoms. The molecule has 0 aliphatic heterocycles. The van der Waals surface area contributed by atoms with Crippen LogP contribution in [0.1, 0.15) is 49.2 Å². The van der Waals surface area contributed by atoms with E-state index in [1.807, 2.05) is 69.3 Å². The van der Waals surface area contributed by atoms with Crippen molar-refractivity contribution in [1.82, 2.24) is 10.6 Å². The van der Waals surface area contributed by atoms with Crippen LogP contribution in [-0.4, -0.2) is 17.9 Å². The summed E-state index contributed by atoms with van der Waals surface area (Å²) in [6.45, 7) is 5.93. The quantitative estimate of drug-likeness (QED) is 0.808. The molecule has 0 saturated heterocycles. The van der Waals surface area contributed by atoms with Gasteiger partial charge in [-0.2, -0.15) is 0 Å². The first-order valence-corrected chi connectivity index (χ1v) is 8.74. The maximum absolute atomic E-state index is 12.8. The van der Waals surface area contributed by atoms with Crippen molar-refractivity contribution in [3.8, 4) is 0 Å². The van der Waals surface area contributed by atoms with E-state index in [-0.39, 0.29) is 23.8 Å². The zero-order valence-electron chi connectivity index (χ0n) is 15.0. The molecule has 0 heterocycles. The van der Waals surface area contributed by atoms with Gasteiger partial charge in [-0.15, -0.1) is 0 Å². The standard InChI is InChI=1S/C21H26N2O2/c1-4-15(2)19(23-20(24)18-13-9-6-10-14-18)21(25)22-16(3)17-11-7-5-8-12-17/h5-16,19H,4H2,1-3H3,(H,22,25)(H,23,24). The topological polar surface area (TPSA) is 58.2 Å². The van der Waals surface area contributed by atoms with Crippen LogP contribution in [0, 0.1) is 5.92 Å². The van der Waals surface area contributed by atoms with Crippen LogP contribution in [0.25, 0.3) is 0 Å². The van der Waals surface area contributed by atoms with E-state index < -0.39 is 6.04 Å². The molecule has 0 aromatic heterocycles. The third kappa shape index (κ3) is 5.18. The summed E-state index contributed by atoms with van der Waals surface area (Å²) in [5.41, 5.74) is 1.59. The Kier molecular flexibility index (Phi) is 6.75. The van der Waals surface area contributed by atoms with Gasteiger partial charge in [-0.3, -0.25) is 9.59 Å². The number of nitrogens with one attached hydrogen (secondary N) is 2. The van der Waals surface area contributed by atoms with Crippen LogP contribution in [-0.2, 0) is 4.79 Å². The SMILES string of the molecule is CCC(C)C(NC(=O)c1ccccc1)C(=O)NC(C)c1ccccc1. The van der Waals surface area contributed by atoms with Crippen LogP contribution in [0.5, 0.6) is 0 Å². The van der Waals surface area contributed by atoms with Crippen LogP contribution < -0.4 is 10.6 Å². The summed E-state index contributed by atoms with van der Waals surface area (Å²) in [5.74, 6) is -0.348. The highest BCUT2D eigenvalue weighted by atomic mass is 16.2. The summed E-state index contributed by atoms with van der Waals surface area (Å²) in [4.78, 5) is 25.2. The molecule has 3 atom stereocenters. The van der Waals surface area contributed by atoms with Gasteiger partial charge in [0.15, 0.2) is 0 Å². The highest BCUT2D eigenvalue weighted by Gasteiger charge is 2.27. The molecule has 2 aromatic carbocycles. The Balaban J connectivity index is 2.08. The fourth-order valence-electron chi connectivity index (χ4n) is 2.64. The molecule has 0 radical (unpaired) electrons. The van der Waals surface area contributed by atoms with Crippen molar-refractivity contribution < 1.29 is 9.59 Å². The first-order chi connectivity index (χ1) is 12.0. The number of benzene rings is 2. The van der Waals surface area contributed by atoms with E-state index >= 15 is 0 Å². The second-order valence-electron chi connectivity index (χ2n) is 6.34. The predicted octanol–water partition coefficient (Wildman–Crippen LogP) is 3.71. The van der Waals surface area contributed by atoms with Gasteiger partial charge in [-0.1, -0.05) is 68.8 Å². The molecule has 0 bridgehead atoms. The molecule has 2 N–H and O–H groups in total. The summed E-state index contributed by atoms with van der Waals surface area (Å²) >= 11 is 0. The Morgan fingerprint density at radius 1 is 0.880 bits per heavy atom. The zero-order valence-corrected chi connectivity index (χ0v) is 15.0. The molecule has 0 saturated carbocycles. The smallest absolute Gasteiger partial charge is 0.251 e. The van der Waals surface area contributed by atoms with Crippen LogP contribution in [0.3, 0.4) is 0 Å². The van der Waals surface area contributed by atoms with Gasteiger partial charge in [0.2, 0.25) is 5.91 Å². The lowest BCUT2D eigenvalue weighted by Gasteiger charge is -2.25. The van der Waals surface area contributed by atoms with E-state index in [0.717, 1.165) is 12.0 Å².